The Morgan fingerprint density at radius 2 is 2.05 bits per heavy atom. The number of thiazole rings is 1. The van der Waals surface area contributed by atoms with Crippen molar-refractivity contribution < 1.29 is 9.90 Å². The summed E-state index contributed by atoms with van der Waals surface area (Å²) in [5.41, 5.74) is 0.986. The van der Waals surface area contributed by atoms with Gasteiger partial charge in [-0.3, -0.25) is 4.79 Å². The number of carbonyl (C=O) groups excluding carboxylic acids is 1. The summed E-state index contributed by atoms with van der Waals surface area (Å²) in [5.74, 6) is -0.0965. The smallest absolute Gasteiger partial charge is 0.261 e. The highest BCUT2D eigenvalue weighted by molar-refractivity contribution is 7.26. The molecule has 1 aromatic carbocycles. The fourth-order valence-electron chi connectivity index (χ4n) is 1.92. The molecule has 108 valence electrons. The number of rotatable bonds is 5. The first-order valence-electron chi connectivity index (χ1n) is 6.63. The van der Waals surface area contributed by atoms with Gasteiger partial charge in [-0.25, -0.2) is 4.98 Å². The van der Waals surface area contributed by atoms with E-state index in [2.05, 4.69) is 10.3 Å². The Bertz CT molecular complexity index is 731. The van der Waals surface area contributed by atoms with Gasteiger partial charge in [0.15, 0.2) is 0 Å². The molecule has 4 nitrogen and oxygen atoms in total. The van der Waals surface area contributed by atoms with Crippen molar-refractivity contribution in [1.82, 2.24) is 10.3 Å². The molecule has 0 saturated carbocycles. The Morgan fingerprint density at radius 3 is 2.86 bits per heavy atom. The zero-order valence-electron chi connectivity index (χ0n) is 11.2. The van der Waals surface area contributed by atoms with Crippen LogP contribution in [0.25, 0.3) is 20.1 Å². The van der Waals surface area contributed by atoms with Crippen LogP contribution < -0.4 is 5.32 Å². The van der Waals surface area contributed by atoms with E-state index in [1.54, 1.807) is 11.3 Å². The van der Waals surface area contributed by atoms with Gasteiger partial charge in [0.1, 0.15) is 5.01 Å². The van der Waals surface area contributed by atoms with Crippen LogP contribution >= 0.6 is 22.7 Å². The van der Waals surface area contributed by atoms with Gasteiger partial charge >= 0.3 is 0 Å². The van der Waals surface area contributed by atoms with Gasteiger partial charge in [-0.1, -0.05) is 12.1 Å². The quantitative estimate of drug-likeness (QED) is 0.710. The molecule has 0 bridgehead atoms. The van der Waals surface area contributed by atoms with Gasteiger partial charge in [0.05, 0.1) is 20.0 Å². The lowest BCUT2D eigenvalue weighted by molar-refractivity contribution is 0.0955. The number of hydrogen-bond acceptors (Lipinski definition) is 5. The third kappa shape index (κ3) is 3.12. The van der Waals surface area contributed by atoms with E-state index in [0.29, 0.717) is 17.8 Å². The summed E-state index contributed by atoms with van der Waals surface area (Å²) in [7, 11) is 0. The summed E-state index contributed by atoms with van der Waals surface area (Å²) >= 11 is 3.07. The number of amides is 1. The lowest BCUT2D eigenvalue weighted by atomic mass is 10.3. The van der Waals surface area contributed by atoms with Crippen LogP contribution in [0.4, 0.5) is 0 Å². The second-order valence-electron chi connectivity index (χ2n) is 4.48. The minimum atomic E-state index is -0.0965. The predicted octanol–water partition coefficient (Wildman–Crippen LogP) is 3.14. The zero-order valence-corrected chi connectivity index (χ0v) is 12.8. The average molecular weight is 318 g/mol. The van der Waals surface area contributed by atoms with E-state index in [1.165, 1.54) is 11.3 Å². The van der Waals surface area contributed by atoms with Crippen molar-refractivity contribution in [3.8, 4) is 9.88 Å². The van der Waals surface area contributed by atoms with E-state index < -0.39 is 0 Å². The molecule has 0 aliphatic heterocycles. The number of aromatic nitrogens is 1. The summed E-state index contributed by atoms with van der Waals surface area (Å²) < 4.78 is 1.15. The standard InChI is InChI=1S/C15H14N2O2S2/c18-9-3-8-16-14(19)12-6-7-13(20-12)15-17-10-4-1-2-5-11(10)21-15/h1-2,4-7,18H,3,8-9H2,(H,16,19). The van der Waals surface area contributed by atoms with Crippen LogP contribution in [0, 0.1) is 0 Å². The van der Waals surface area contributed by atoms with Gasteiger partial charge in [0, 0.05) is 13.2 Å². The summed E-state index contributed by atoms with van der Waals surface area (Å²) in [4.78, 5) is 18.2. The van der Waals surface area contributed by atoms with Gasteiger partial charge in [-0.15, -0.1) is 22.7 Å². The van der Waals surface area contributed by atoms with Crippen molar-refractivity contribution in [3.05, 3.63) is 41.3 Å². The van der Waals surface area contributed by atoms with E-state index in [1.807, 2.05) is 36.4 Å². The maximum Gasteiger partial charge on any atom is 0.261 e. The number of nitrogens with one attached hydrogen (secondary N) is 1. The number of hydrogen-bond donors (Lipinski definition) is 2. The molecule has 0 spiro atoms. The molecule has 3 rings (SSSR count). The first kappa shape index (κ1) is 14.2. The minimum absolute atomic E-state index is 0.0850. The SMILES string of the molecule is O=C(NCCCO)c1ccc(-c2nc3ccccc3s2)s1. The molecule has 0 saturated heterocycles. The Hall–Kier alpha value is -1.76. The number of fused-ring (bicyclic) bond motifs is 1. The van der Waals surface area contributed by atoms with Gasteiger partial charge in [0.2, 0.25) is 0 Å². The molecule has 0 atom stereocenters. The minimum Gasteiger partial charge on any atom is -0.396 e. The van der Waals surface area contributed by atoms with Crippen molar-refractivity contribution in [2.75, 3.05) is 13.2 Å². The molecule has 0 radical (unpaired) electrons. The van der Waals surface area contributed by atoms with Gasteiger partial charge in [0.25, 0.3) is 5.91 Å². The highest BCUT2D eigenvalue weighted by Gasteiger charge is 2.12. The second-order valence-corrected chi connectivity index (χ2v) is 6.60. The first-order chi connectivity index (χ1) is 10.3. The van der Waals surface area contributed by atoms with E-state index in [-0.39, 0.29) is 12.5 Å². The topological polar surface area (TPSA) is 62.2 Å². The molecule has 6 heteroatoms. The molecular formula is C15H14N2O2S2. The summed E-state index contributed by atoms with van der Waals surface area (Å²) in [6.07, 6.45) is 0.571. The van der Waals surface area contributed by atoms with Gasteiger partial charge in [-0.2, -0.15) is 0 Å². The molecule has 1 amide bonds. The van der Waals surface area contributed by atoms with Crippen molar-refractivity contribution >= 4 is 38.8 Å². The maximum absolute atomic E-state index is 11.9. The number of aliphatic hydroxyl groups is 1. The monoisotopic (exact) mass is 318 g/mol. The van der Waals surface area contributed by atoms with Crippen molar-refractivity contribution in [3.63, 3.8) is 0 Å². The molecule has 0 aliphatic carbocycles. The van der Waals surface area contributed by atoms with E-state index in [0.717, 1.165) is 20.1 Å². The third-order valence-electron chi connectivity index (χ3n) is 2.95. The highest BCUT2D eigenvalue weighted by atomic mass is 32.1. The summed E-state index contributed by atoms with van der Waals surface area (Å²) in [5, 5.41) is 12.4. The van der Waals surface area contributed by atoms with Crippen LogP contribution in [-0.2, 0) is 0 Å². The number of carbonyl (C=O) groups is 1. The molecule has 2 N–H and O–H groups in total. The maximum atomic E-state index is 11.9. The normalized spacial score (nSPS) is 10.9. The van der Waals surface area contributed by atoms with Crippen LogP contribution in [0.15, 0.2) is 36.4 Å². The predicted molar refractivity (Wildman–Crippen MR) is 87.0 cm³/mol. The highest BCUT2D eigenvalue weighted by Crippen LogP contribution is 2.34. The zero-order chi connectivity index (χ0) is 14.7. The van der Waals surface area contributed by atoms with Crippen molar-refractivity contribution in [2.24, 2.45) is 0 Å². The fourth-order valence-corrected chi connectivity index (χ4v) is 3.86. The van der Waals surface area contributed by atoms with Crippen molar-refractivity contribution in [1.29, 1.82) is 0 Å². The largest absolute Gasteiger partial charge is 0.396 e. The fraction of sp³-hybridized carbons (Fsp3) is 0.200. The average Bonchev–Trinajstić information content (AvgIpc) is 3.13. The van der Waals surface area contributed by atoms with E-state index in [9.17, 15) is 4.79 Å². The van der Waals surface area contributed by atoms with Crippen LogP contribution in [-0.4, -0.2) is 29.1 Å². The van der Waals surface area contributed by atoms with Crippen LogP contribution in [0.5, 0.6) is 0 Å². The number of benzene rings is 1. The van der Waals surface area contributed by atoms with E-state index >= 15 is 0 Å². The lowest BCUT2D eigenvalue weighted by Crippen LogP contribution is -2.24. The Labute approximate surface area is 130 Å². The number of para-hydroxylation sites is 1. The number of nitrogens with zero attached hydrogens (tertiary/aromatic N) is 1. The Morgan fingerprint density at radius 1 is 1.19 bits per heavy atom. The van der Waals surface area contributed by atoms with E-state index in [4.69, 9.17) is 5.11 Å². The van der Waals surface area contributed by atoms with Crippen LogP contribution in [0.3, 0.4) is 0 Å². The van der Waals surface area contributed by atoms with Crippen LogP contribution in [0.2, 0.25) is 0 Å². The van der Waals surface area contributed by atoms with Gasteiger partial charge < -0.3 is 10.4 Å². The molecule has 0 unspecified atom stereocenters. The van der Waals surface area contributed by atoms with Crippen molar-refractivity contribution in [2.45, 2.75) is 6.42 Å². The molecule has 2 heterocycles. The first-order valence-corrected chi connectivity index (χ1v) is 8.26. The summed E-state index contributed by atoms with van der Waals surface area (Å²) in [6, 6.07) is 11.8. The molecule has 0 aliphatic rings. The number of thiophene rings is 1. The third-order valence-corrected chi connectivity index (χ3v) is 5.24. The number of aliphatic hydroxyl groups excluding tert-OH is 1. The molecule has 0 fully saturated rings. The second kappa shape index (κ2) is 6.34. The van der Waals surface area contributed by atoms with Gasteiger partial charge in [-0.05, 0) is 30.7 Å². The molecule has 2 aromatic heterocycles. The Balaban J connectivity index is 1.79. The molecule has 3 aromatic rings. The summed E-state index contributed by atoms with van der Waals surface area (Å²) in [6.45, 7) is 0.575. The Kier molecular flexibility index (Phi) is 4.28. The lowest BCUT2D eigenvalue weighted by Gasteiger charge is -2.00. The molecular weight excluding hydrogens is 304 g/mol. The van der Waals surface area contributed by atoms with Crippen LogP contribution in [0.1, 0.15) is 16.1 Å². The molecule has 21 heavy (non-hydrogen) atoms.